The van der Waals surface area contributed by atoms with Gasteiger partial charge in [-0.05, 0) is 35.6 Å². The maximum absolute atomic E-state index is 13.8. The molecule has 20 heavy (non-hydrogen) atoms. The maximum atomic E-state index is 13.8. The highest BCUT2D eigenvalue weighted by Crippen LogP contribution is 2.25. The summed E-state index contributed by atoms with van der Waals surface area (Å²) in [5.74, 6) is -0.690. The molecular weight excluding hydrogens is 256 g/mol. The van der Waals surface area contributed by atoms with Gasteiger partial charge in [-0.15, -0.1) is 0 Å². The predicted molar refractivity (Wildman–Crippen MR) is 77.4 cm³/mol. The van der Waals surface area contributed by atoms with Crippen LogP contribution in [0.2, 0.25) is 0 Å². The first-order valence-electron chi connectivity index (χ1n) is 6.77. The Morgan fingerprint density at radius 1 is 1.00 bits per heavy atom. The first kappa shape index (κ1) is 14.7. The van der Waals surface area contributed by atoms with E-state index in [1.807, 2.05) is 18.2 Å². The average Bonchev–Trinajstić information content (AvgIpc) is 2.38. The summed E-state index contributed by atoms with van der Waals surface area (Å²) in [5, 5.41) is 0. The van der Waals surface area contributed by atoms with Crippen LogP contribution in [0.5, 0.6) is 0 Å². The van der Waals surface area contributed by atoms with E-state index in [0.29, 0.717) is 5.92 Å². The van der Waals surface area contributed by atoms with E-state index in [4.69, 9.17) is 5.73 Å². The molecule has 0 aliphatic heterocycles. The van der Waals surface area contributed by atoms with Crippen molar-refractivity contribution in [2.45, 2.75) is 26.3 Å². The largest absolute Gasteiger partial charge is 0.320 e. The van der Waals surface area contributed by atoms with Gasteiger partial charge in [-0.1, -0.05) is 44.2 Å². The molecule has 3 heteroatoms. The molecule has 0 saturated carbocycles. The Bertz CT molecular complexity index is 573. The van der Waals surface area contributed by atoms with Crippen LogP contribution in [0.1, 0.15) is 36.6 Å². The molecular formula is C17H19F2N. The van der Waals surface area contributed by atoms with Gasteiger partial charge >= 0.3 is 0 Å². The Hall–Kier alpha value is -1.74. The summed E-state index contributed by atoms with van der Waals surface area (Å²) in [6, 6.07) is 10.6. The Kier molecular flexibility index (Phi) is 4.50. The van der Waals surface area contributed by atoms with Crippen molar-refractivity contribution in [2.24, 2.45) is 11.7 Å². The Morgan fingerprint density at radius 3 is 2.20 bits per heavy atom. The van der Waals surface area contributed by atoms with Crippen molar-refractivity contribution in [3.8, 4) is 0 Å². The van der Waals surface area contributed by atoms with Crippen molar-refractivity contribution in [2.75, 3.05) is 0 Å². The molecule has 0 spiro atoms. The van der Waals surface area contributed by atoms with Gasteiger partial charge in [0.2, 0.25) is 0 Å². The SMILES string of the molecule is CC(C)Cc1cccc(C(N)c2c(F)cccc2F)c1. The highest BCUT2D eigenvalue weighted by atomic mass is 19.1. The lowest BCUT2D eigenvalue weighted by Crippen LogP contribution is -2.16. The van der Waals surface area contributed by atoms with Crippen molar-refractivity contribution in [1.82, 2.24) is 0 Å². The fraction of sp³-hybridized carbons (Fsp3) is 0.294. The summed E-state index contributed by atoms with van der Waals surface area (Å²) < 4.78 is 27.6. The second-order valence-electron chi connectivity index (χ2n) is 5.46. The molecule has 0 aliphatic carbocycles. The van der Waals surface area contributed by atoms with Gasteiger partial charge in [0.05, 0.1) is 6.04 Å². The molecule has 0 saturated heterocycles. The molecule has 2 aromatic carbocycles. The van der Waals surface area contributed by atoms with Crippen LogP contribution >= 0.6 is 0 Å². The van der Waals surface area contributed by atoms with Gasteiger partial charge in [-0.25, -0.2) is 8.78 Å². The quantitative estimate of drug-likeness (QED) is 0.888. The highest BCUT2D eigenvalue weighted by Gasteiger charge is 2.18. The molecule has 1 atom stereocenters. The normalized spacial score (nSPS) is 12.7. The number of halogens is 2. The zero-order valence-electron chi connectivity index (χ0n) is 11.7. The zero-order chi connectivity index (χ0) is 14.7. The monoisotopic (exact) mass is 275 g/mol. The molecule has 0 fully saturated rings. The molecule has 0 aromatic heterocycles. The minimum Gasteiger partial charge on any atom is -0.320 e. The third-order valence-electron chi connectivity index (χ3n) is 3.26. The first-order valence-corrected chi connectivity index (χ1v) is 6.77. The van der Waals surface area contributed by atoms with Gasteiger partial charge in [-0.3, -0.25) is 0 Å². The van der Waals surface area contributed by atoms with E-state index in [2.05, 4.69) is 13.8 Å². The van der Waals surface area contributed by atoms with Crippen LogP contribution in [0, 0.1) is 17.6 Å². The zero-order valence-corrected chi connectivity index (χ0v) is 11.7. The van der Waals surface area contributed by atoms with Gasteiger partial charge in [0.1, 0.15) is 11.6 Å². The fourth-order valence-corrected chi connectivity index (χ4v) is 2.36. The minimum absolute atomic E-state index is 0.0748. The first-order chi connectivity index (χ1) is 9.49. The molecule has 0 aliphatic rings. The lowest BCUT2D eigenvalue weighted by Gasteiger charge is -2.16. The van der Waals surface area contributed by atoms with E-state index in [0.717, 1.165) is 17.5 Å². The van der Waals surface area contributed by atoms with Gasteiger partial charge in [0, 0.05) is 5.56 Å². The molecule has 0 bridgehead atoms. The fourth-order valence-electron chi connectivity index (χ4n) is 2.36. The molecule has 106 valence electrons. The Labute approximate surface area is 118 Å². The van der Waals surface area contributed by atoms with Gasteiger partial charge in [0.25, 0.3) is 0 Å². The van der Waals surface area contributed by atoms with E-state index in [1.165, 1.54) is 18.2 Å². The summed E-state index contributed by atoms with van der Waals surface area (Å²) in [6.07, 6.45) is 0.917. The maximum Gasteiger partial charge on any atom is 0.131 e. The highest BCUT2D eigenvalue weighted by molar-refractivity contribution is 5.35. The minimum atomic E-state index is -0.789. The third-order valence-corrected chi connectivity index (χ3v) is 3.26. The van der Waals surface area contributed by atoms with Crippen molar-refractivity contribution >= 4 is 0 Å². The van der Waals surface area contributed by atoms with E-state index in [9.17, 15) is 8.78 Å². The Balaban J connectivity index is 2.36. The number of hydrogen-bond acceptors (Lipinski definition) is 1. The van der Waals surface area contributed by atoms with Crippen LogP contribution < -0.4 is 5.73 Å². The lowest BCUT2D eigenvalue weighted by atomic mass is 9.94. The number of nitrogens with two attached hydrogens (primary N) is 1. The number of benzene rings is 2. The third kappa shape index (κ3) is 3.23. The predicted octanol–water partition coefficient (Wildman–Crippen LogP) is 4.21. The summed E-state index contributed by atoms with van der Waals surface area (Å²) in [4.78, 5) is 0. The molecule has 0 radical (unpaired) electrons. The van der Waals surface area contributed by atoms with Crippen molar-refractivity contribution in [1.29, 1.82) is 0 Å². The van der Waals surface area contributed by atoms with Crippen LogP contribution in [-0.4, -0.2) is 0 Å². The summed E-state index contributed by atoms with van der Waals surface area (Å²) in [5.41, 5.74) is 7.82. The van der Waals surface area contributed by atoms with Crippen LogP contribution in [0.25, 0.3) is 0 Å². The van der Waals surface area contributed by atoms with Crippen LogP contribution in [0.4, 0.5) is 8.78 Å². The van der Waals surface area contributed by atoms with E-state index in [1.54, 1.807) is 6.07 Å². The average molecular weight is 275 g/mol. The van der Waals surface area contributed by atoms with Gasteiger partial charge in [-0.2, -0.15) is 0 Å². The van der Waals surface area contributed by atoms with Crippen molar-refractivity contribution in [3.63, 3.8) is 0 Å². The second kappa shape index (κ2) is 6.14. The molecule has 0 amide bonds. The second-order valence-corrected chi connectivity index (χ2v) is 5.46. The molecule has 1 unspecified atom stereocenters. The van der Waals surface area contributed by atoms with Gasteiger partial charge < -0.3 is 5.73 Å². The summed E-state index contributed by atoms with van der Waals surface area (Å²) >= 11 is 0. The van der Waals surface area contributed by atoms with Crippen LogP contribution in [0.15, 0.2) is 42.5 Å². The van der Waals surface area contributed by atoms with Crippen LogP contribution in [0.3, 0.4) is 0 Å². The summed E-state index contributed by atoms with van der Waals surface area (Å²) in [7, 11) is 0. The number of hydrogen-bond donors (Lipinski definition) is 1. The Morgan fingerprint density at radius 2 is 1.60 bits per heavy atom. The molecule has 1 nitrogen and oxygen atoms in total. The van der Waals surface area contributed by atoms with E-state index in [-0.39, 0.29) is 5.56 Å². The molecule has 2 rings (SSSR count). The molecule has 2 N–H and O–H groups in total. The van der Waals surface area contributed by atoms with Crippen LogP contribution in [-0.2, 0) is 6.42 Å². The standard InChI is InChI=1S/C17H19F2N/c1-11(2)9-12-5-3-6-13(10-12)17(20)16-14(18)7-4-8-15(16)19/h3-8,10-11,17H,9,20H2,1-2H3. The molecule has 0 heterocycles. The van der Waals surface area contributed by atoms with Crippen molar-refractivity contribution < 1.29 is 8.78 Å². The summed E-state index contributed by atoms with van der Waals surface area (Å²) in [6.45, 7) is 4.26. The lowest BCUT2D eigenvalue weighted by molar-refractivity contribution is 0.543. The van der Waals surface area contributed by atoms with Gasteiger partial charge in [0.15, 0.2) is 0 Å². The number of rotatable bonds is 4. The smallest absolute Gasteiger partial charge is 0.131 e. The van der Waals surface area contributed by atoms with E-state index < -0.39 is 17.7 Å². The van der Waals surface area contributed by atoms with E-state index >= 15 is 0 Å². The molecule has 2 aromatic rings. The van der Waals surface area contributed by atoms with Crippen molar-refractivity contribution in [3.05, 3.63) is 70.8 Å². The topological polar surface area (TPSA) is 26.0 Å².